The average molecular weight is 361 g/mol. The molecule has 25 heavy (non-hydrogen) atoms. The Bertz CT molecular complexity index is 743. The van der Waals surface area contributed by atoms with Crippen LogP contribution in [0.3, 0.4) is 0 Å². The number of hydrogen-bond acceptors (Lipinski definition) is 4. The van der Waals surface area contributed by atoms with E-state index in [4.69, 9.17) is 0 Å². The SMILES string of the molecule is CC(=O)NC(c1nccs1)C1CCN(C(=O)c2ccccc2F)CC1. The molecule has 7 heteroatoms. The summed E-state index contributed by atoms with van der Waals surface area (Å²) < 4.78 is 13.8. The Hall–Kier alpha value is -2.28. The summed E-state index contributed by atoms with van der Waals surface area (Å²) >= 11 is 1.52. The second kappa shape index (κ2) is 7.74. The number of amides is 2. The van der Waals surface area contributed by atoms with Crippen LogP contribution in [0.15, 0.2) is 35.8 Å². The van der Waals surface area contributed by atoms with E-state index in [1.165, 1.54) is 30.4 Å². The van der Waals surface area contributed by atoms with Crippen molar-refractivity contribution in [2.45, 2.75) is 25.8 Å². The normalized spacial score (nSPS) is 16.5. The molecule has 2 amide bonds. The van der Waals surface area contributed by atoms with Crippen molar-refractivity contribution in [3.8, 4) is 0 Å². The van der Waals surface area contributed by atoms with Crippen molar-refractivity contribution in [3.05, 3.63) is 52.2 Å². The minimum absolute atomic E-state index is 0.0925. The fraction of sp³-hybridized carbons (Fsp3) is 0.389. The summed E-state index contributed by atoms with van der Waals surface area (Å²) in [5, 5.41) is 5.76. The molecule has 0 radical (unpaired) electrons. The minimum Gasteiger partial charge on any atom is -0.347 e. The fourth-order valence-corrected chi connectivity index (χ4v) is 4.01. The van der Waals surface area contributed by atoms with E-state index in [1.54, 1.807) is 23.2 Å². The summed E-state index contributed by atoms with van der Waals surface area (Å²) in [4.78, 5) is 30.1. The van der Waals surface area contributed by atoms with Crippen molar-refractivity contribution < 1.29 is 14.0 Å². The zero-order chi connectivity index (χ0) is 17.8. The van der Waals surface area contributed by atoms with Gasteiger partial charge in [-0.05, 0) is 30.9 Å². The summed E-state index contributed by atoms with van der Waals surface area (Å²) in [6, 6.07) is 5.92. The highest BCUT2D eigenvalue weighted by atomic mass is 32.1. The largest absolute Gasteiger partial charge is 0.347 e. The fourth-order valence-electron chi connectivity index (χ4n) is 3.23. The molecule has 1 N–H and O–H groups in total. The van der Waals surface area contributed by atoms with Gasteiger partial charge < -0.3 is 10.2 Å². The lowest BCUT2D eigenvalue weighted by atomic mass is 9.89. The number of aromatic nitrogens is 1. The molecule has 1 saturated heterocycles. The van der Waals surface area contributed by atoms with Gasteiger partial charge in [0.25, 0.3) is 5.91 Å². The Morgan fingerprint density at radius 2 is 2.04 bits per heavy atom. The second-order valence-corrected chi connectivity index (χ2v) is 7.08. The third-order valence-electron chi connectivity index (χ3n) is 4.48. The van der Waals surface area contributed by atoms with Crippen LogP contribution in [0.1, 0.15) is 41.2 Å². The van der Waals surface area contributed by atoms with Gasteiger partial charge in [-0.15, -0.1) is 11.3 Å². The molecule has 2 aromatic rings. The number of thiazole rings is 1. The maximum Gasteiger partial charge on any atom is 0.256 e. The molecule has 0 aliphatic carbocycles. The van der Waals surface area contributed by atoms with Crippen molar-refractivity contribution >= 4 is 23.2 Å². The number of carbonyl (C=O) groups excluding carboxylic acids is 2. The van der Waals surface area contributed by atoms with Gasteiger partial charge in [0.1, 0.15) is 10.8 Å². The van der Waals surface area contributed by atoms with Crippen LogP contribution in [0.2, 0.25) is 0 Å². The number of rotatable bonds is 4. The zero-order valence-electron chi connectivity index (χ0n) is 13.9. The van der Waals surface area contributed by atoms with E-state index in [0.29, 0.717) is 13.1 Å². The van der Waals surface area contributed by atoms with Crippen LogP contribution >= 0.6 is 11.3 Å². The molecule has 5 nitrogen and oxygen atoms in total. The summed E-state index contributed by atoms with van der Waals surface area (Å²) in [6.07, 6.45) is 3.21. The molecular formula is C18H20FN3O2S. The Morgan fingerprint density at radius 1 is 1.32 bits per heavy atom. The highest BCUT2D eigenvalue weighted by molar-refractivity contribution is 7.09. The number of carbonyl (C=O) groups is 2. The highest BCUT2D eigenvalue weighted by Gasteiger charge is 2.32. The number of nitrogens with zero attached hydrogens (tertiary/aromatic N) is 2. The van der Waals surface area contributed by atoms with Gasteiger partial charge in [0, 0.05) is 31.6 Å². The number of halogens is 1. The molecule has 0 bridgehead atoms. The molecular weight excluding hydrogens is 341 g/mol. The molecule has 1 aromatic heterocycles. The van der Waals surface area contributed by atoms with E-state index in [0.717, 1.165) is 17.8 Å². The molecule has 3 rings (SSSR count). The van der Waals surface area contributed by atoms with E-state index < -0.39 is 5.82 Å². The van der Waals surface area contributed by atoms with Gasteiger partial charge in [-0.3, -0.25) is 9.59 Å². The Morgan fingerprint density at radius 3 is 2.64 bits per heavy atom. The van der Waals surface area contributed by atoms with Crippen molar-refractivity contribution in [2.75, 3.05) is 13.1 Å². The quantitative estimate of drug-likeness (QED) is 0.911. The van der Waals surface area contributed by atoms with Crippen molar-refractivity contribution in [3.63, 3.8) is 0 Å². The lowest BCUT2D eigenvalue weighted by Crippen LogP contribution is -2.42. The number of likely N-dealkylation sites (tertiary alicyclic amines) is 1. The molecule has 1 unspecified atom stereocenters. The van der Waals surface area contributed by atoms with Gasteiger partial charge >= 0.3 is 0 Å². The van der Waals surface area contributed by atoms with Crippen LogP contribution in [-0.4, -0.2) is 34.8 Å². The standard InChI is InChI=1S/C18H20FN3O2S/c1-12(23)21-16(17-20-8-11-25-17)13-6-9-22(10-7-13)18(24)14-4-2-3-5-15(14)19/h2-5,8,11,13,16H,6-7,9-10H2,1H3,(H,21,23). The van der Waals surface area contributed by atoms with E-state index in [2.05, 4.69) is 10.3 Å². The van der Waals surface area contributed by atoms with Crippen LogP contribution in [0.5, 0.6) is 0 Å². The van der Waals surface area contributed by atoms with Gasteiger partial charge in [0.15, 0.2) is 0 Å². The summed E-state index contributed by atoms with van der Waals surface area (Å²) in [6.45, 7) is 2.58. The Labute approximate surface area is 149 Å². The molecule has 132 valence electrons. The van der Waals surface area contributed by atoms with Crippen LogP contribution in [0, 0.1) is 11.7 Å². The first-order chi connectivity index (χ1) is 12.1. The van der Waals surface area contributed by atoms with Crippen LogP contribution in [0.4, 0.5) is 4.39 Å². The van der Waals surface area contributed by atoms with Crippen molar-refractivity contribution in [1.29, 1.82) is 0 Å². The number of piperidine rings is 1. The third kappa shape index (κ3) is 4.04. The lowest BCUT2D eigenvalue weighted by Gasteiger charge is -2.35. The van der Waals surface area contributed by atoms with Crippen LogP contribution in [-0.2, 0) is 4.79 Å². The molecule has 1 atom stereocenters. The van der Waals surface area contributed by atoms with E-state index in [1.807, 2.05) is 5.38 Å². The topological polar surface area (TPSA) is 62.3 Å². The Balaban J connectivity index is 1.67. The number of nitrogens with one attached hydrogen (secondary N) is 1. The zero-order valence-corrected chi connectivity index (χ0v) is 14.8. The first-order valence-corrected chi connectivity index (χ1v) is 9.14. The number of hydrogen-bond donors (Lipinski definition) is 1. The van der Waals surface area contributed by atoms with Gasteiger partial charge in [0.05, 0.1) is 11.6 Å². The first-order valence-electron chi connectivity index (χ1n) is 8.26. The molecule has 0 saturated carbocycles. The maximum atomic E-state index is 13.8. The highest BCUT2D eigenvalue weighted by Crippen LogP contribution is 2.32. The third-order valence-corrected chi connectivity index (χ3v) is 5.34. The summed E-state index contributed by atoms with van der Waals surface area (Å²) in [5.41, 5.74) is 0.110. The van der Waals surface area contributed by atoms with Crippen LogP contribution < -0.4 is 5.32 Å². The van der Waals surface area contributed by atoms with Gasteiger partial charge in [-0.1, -0.05) is 12.1 Å². The van der Waals surface area contributed by atoms with E-state index >= 15 is 0 Å². The summed E-state index contributed by atoms with van der Waals surface area (Å²) in [7, 11) is 0. The predicted molar refractivity (Wildman–Crippen MR) is 93.7 cm³/mol. The predicted octanol–water partition coefficient (Wildman–Crippen LogP) is 3.01. The monoisotopic (exact) mass is 361 g/mol. The van der Waals surface area contributed by atoms with Gasteiger partial charge in [-0.2, -0.15) is 0 Å². The molecule has 2 heterocycles. The maximum absolute atomic E-state index is 13.8. The molecule has 1 aliphatic rings. The molecule has 0 spiro atoms. The molecule has 1 fully saturated rings. The van der Waals surface area contributed by atoms with E-state index in [-0.39, 0.29) is 29.3 Å². The Kier molecular flexibility index (Phi) is 5.43. The van der Waals surface area contributed by atoms with Crippen molar-refractivity contribution in [2.24, 2.45) is 5.92 Å². The minimum atomic E-state index is -0.492. The van der Waals surface area contributed by atoms with Gasteiger partial charge in [-0.25, -0.2) is 9.37 Å². The lowest BCUT2D eigenvalue weighted by molar-refractivity contribution is -0.120. The van der Waals surface area contributed by atoms with Crippen LogP contribution in [0.25, 0.3) is 0 Å². The first kappa shape index (κ1) is 17.5. The summed E-state index contributed by atoms with van der Waals surface area (Å²) in [5.74, 6) is -0.653. The molecule has 1 aliphatic heterocycles. The van der Waals surface area contributed by atoms with Crippen molar-refractivity contribution in [1.82, 2.24) is 15.2 Å². The average Bonchev–Trinajstić information content (AvgIpc) is 3.14. The second-order valence-electron chi connectivity index (χ2n) is 6.16. The smallest absolute Gasteiger partial charge is 0.256 e. The number of benzene rings is 1. The molecule has 1 aromatic carbocycles. The van der Waals surface area contributed by atoms with E-state index in [9.17, 15) is 14.0 Å². The van der Waals surface area contributed by atoms with Gasteiger partial charge in [0.2, 0.25) is 5.91 Å².